The molecule has 0 amide bonds. The molecule has 0 spiro atoms. The maximum absolute atomic E-state index is 9.70. The van der Waals surface area contributed by atoms with Gasteiger partial charge in [-0.1, -0.05) is 6.07 Å². The van der Waals surface area contributed by atoms with Gasteiger partial charge in [0, 0.05) is 57.2 Å². The molecule has 5 rings (SSSR count). The molecule has 2 saturated heterocycles. The first-order valence-corrected chi connectivity index (χ1v) is 15.1. The van der Waals surface area contributed by atoms with Crippen LogP contribution in [0.2, 0.25) is 0 Å². The minimum absolute atomic E-state index is 0. The minimum atomic E-state index is 0. The summed E-state index contributed by atoms with van der Waals surface area (Å²) in [6.45, 7) is 6.71. The lowest BCUT2D eigenvalue weighted by Crippen LogP contribution is -2.40. The summed E-state index contributed by atoms with van der Waals surface area (Å²) in [7, 11) is 3.78. The first kappa shape index (κ1) is 36.8. The minimum Gasteiger partial charge on any atom is -0.493 e. The second kappa shape index (κ2) is 19.8. The van der Waals surface area contributed by atoms with Crippen molar-refractivity contribution in [2.24, 2.45) is 0 Å². The number of ether oxygens (including phenoxy) is 4. The SMILES string of the molecule is CN1CCNCC1.COc1cc(Cc2nccc(-c3ccc(OC4CCOCC4)c(C#N)c3)n2)ccc1OCCCS.O.O. The predicted molar refractivity (Wildman–Crippen MR) is 174 cm³/mol. The van der Waals surface area contributed by atoms with Gasteiger partial charge < -0.3 is 40.1 Å². The summed E-state index contributed by atoms with van der Waals surface area (Å²) in [5.41, 5.74) is 3.10. The van der Waals surface area contributed by atoms with Crippen LogP contribution < -0.4 is 19.5 Å². The van der Waals surface area contributed by atoms with Crippen molar-refractivity contribution in [3.63, 3.8) is 0 Å². The molecule has 11 nitrogen and oxygen atoms in total. The largest absolute Gasteiger partial charge is 0.493 e. The Balaban J connectivity index is 0.000000662. The predicted octanol–water partition coefficient (Wildman–Crippen LogP) is 2.74. The molecule has 2 fully saturated rings. The molecule has 0 unspecified atom stereocenters. The smallest absolute Gasteiger partial charge is 0.161 e. The highest BCUT2D eigenvalue weighted by Crippen LogP contribution is 2.30. The lowest BCUT2D eigenvalue weighted by Gasteiger charge is -2.23. The summed E-state index contributed by atoms with van der Waals surface area (Å²) < 4.78 is 22.7. The summed E-state index contributed by atoms with van der Waals surface area (Å²) in [5.74, 6) is 3.43. The third-order valence-corrected chi connectivity index (χ3v) is 7.37. The Morgan fingerprint density at radius 2 is 1.80 bits per heavy atom. The van der Waals surface area contributed by atoms with E-state index in [-0.39, 0.29) is 17.1 Å². The average molecular weight is 628 g/mol. The molecule has 240 valence electrons. The number of hydrogen-bond acceptors (Lipinski definition) is 10. The number of nitrogens with one attached hydrogen (secondary N) is 1. The molecular formula is C32H45N5O6S. The van der Waals surface area contributed by atoms with E-state index in [4.69, 9.17) is 23.9 Å². The van der Waals surface area contributed by atoms with Gasteiger partial charge in [0.1, 0.15) is 23.7 Å². The van der Waals surface area contributed by atoms with Crippen LogP contribution in [0.25, 0.3) is 11.3 Å². The van der Waals surface area contributed by atoms with Crippen molar-refractivity contribution in [3.8, 4) is 34.6 Å². The first-order valence-electron chi connectivity index (χ1n) is 14.5. The number of benzene rings is 2. The van der Waals surface area contributed by atoms with E-state index in [9.17, 15) is 5.26 Å². The Hall–Kier alpha value is -3.44. The fourth-order valence-corrected chi connectivity index (χ4v) is 4.77. The van der Waals surface area contributed by atoms with Crippen LogP contribution in [-0.2, 0) is 11.2 Å². The van der Waals surface area contributed by atoms with Crippen molar-refractivity contribution in [1.29, 1.82) is 5.26 Å². The number of nitriles is 1. The van der Waals surface area contributed by atoms with Crippen molar-refractivity contribution >= 4 is 12.6 Å². The van der Waals surface area contributed by atoms with Gasteiger partial charge in [0.2, 0.25) is 0 Å². The maximum atomic E-state index is 9.70. The van der Waals surface area contributed by atoms with E-state index < -0.39 is 0 Å². The molecule has 0 radical (unpaired) electrons. The van der Waals surface area contributed by atoms with Crippen molar-refractivity contribution in [2.75, 3.05) is 65.9 Å². The van der Waals surface area contributed by atoms with Crippen LogP contribution in [0.4, 0.5) is 0 Å². The van der Waals surface area contributed by atoms with E-state index in [1.165, 1.54) is 13.1 Å². The lowest BCUT2D eigenvalue weighted by atomic mass is 10.1. The fourth-order valence-electron chi connectivity index (χ4n) is 4.64. The van der Waals surface area contributed by atoms with Crippen LogP contribution in [0.1, 0.15) is 36.2 Å². The third kappa shape index (κ3) is 11.2. The van der Waals surface area contributed by atoms with Crippen LogP contribution in [0.5, 0.6) is 17.2 Å². The van der Waals surface area contributed by atoms with Gasteiger partial charge in [-0.05, 0) is 61.2 Å². The maximum Gasteiger partial charge on any atom is 0.161 e. The van der Waals surface area contributed by atoms with E-state index in [2.05, 4.69) is 40.9 Å². The van der Waals surface area contributed by atoms with E-state index in [0.29, 0.717) is 54.9 Å². The van der Waals surface area contributed by atoms with Gasteiger partial charge in [-0.15, -0.1) is 0 Å². The molecule has 12 heteroatoms. The molecule has 0 saturated carbocycles. The number of thiol groups is 1. The summed E-state index contributed by atoms with van der Waals surface area (Å²) in [5, 5.41) is 13.0. The standard InChI is InChI=1S/C27H29N3O4S.C5H12N2.2H2O/c1-31-26-15-19(3-5-25(26)33-11-2-14-35)16-27-29-10-7-23(30-27)20-4-6-24(21(17-20)18-28)34-22-8-12-32-13-9-22;1-7-4-2-6-3-5-7;;/h3-7,10,15,17,22,35H,2,8-9,11-14,16H2,1H3;6H,2-5H2,1H3;2*1H2. The molecule has 0 bridgehead atoms. The Kier molecular flexibility index (Phi) is 16.5. The highest BCUT2D eigenvalue weighted by Gasteiger charge is 2.18. The molecule has 3 aromatic rings. The summed E-state index contributed by atoms with van der Waals surface area (Å²) in [4.78, 5) is 11.5. The molecule has 0 atom stereocenters. The van der Waals surface area contributed by atoms with Gasteiger partial charge in [-0.2, -0.15) is 17.9 Å². The lowest BCUT2D eigenvalue weighted by molar-refractivity contribution is 0.0254. The van der Waals surface area contributed by atoms with Crippen molar-refractivity contribution in [2.45, 2.75) is 31.8 Å². The Morgan fingerprint density at radius 1 is 1.05 bits per heavy atom. The summed E-state index contributed by atoms with van der Waals surface area (Å²) in [6, 6.07) is 15.6. The molecule has 44 heavy (non-hydrogen) atoms. The zero-order valence-electron chi connectivity index (χ0n) is 25.6. The molecule has 2 aliphatic rings. The van der Waals surface area contributed by atoms with Crippen LogP contribution in [0.15, 0.2) is 48.7 Å². The molecule has 2 aliphatic heterocycles. The van der Waals surface area contributed by atoms with E-state index in [1.807, 2.05) is 42.5 Å². The van der Waals surface area contributed by atoms with Crippen molar-refractivity contribution < 1.29 is 29.9 Å². The van der Waals surface area contributed by atoms with Crippen LogP contribution in [0.3, 0.4) is 0 Å². The number of methoxy groups -OCH3 is 1. The van der Waals surface area contributed by atoms with Gasteiger partial charge in [0.05, 0.1) is 38.2 Å². The Morgan fingerprint density at radius 3 is 2.45 bits per heavy atom. The first-order chi connectivity index (χ1) is 20.6. The Bertz CT molecular complexity index is 1310. The van der Waals surface area contributed by atoms with Gasteiger partial charge >= 0.3 is 0 Å². The Labute approximate surface area is 265 Å². The normalized spacial score (nSPS) is 15.0. The molecule has 5 N–H and O–H groups in total. The van der Waals surface area contributed by atoms with Gasteiger partial charge in [-0.25, -0.2) is 9.97 Å². The van der Waals surface area contributed by atoms with Crippen LogP contribution >= 0.6 is 12.6 Å². The average Bonchev–Trinajstić information content (AvgIpc) is 3.03. The fraction of sp³-hybridized carbons (Fsp3) is 0.469. The number of nitrogens with zero attached hydrogens (tertiary/aromatic N) is 4. The summed E-state index contributed by atoms with van der Waals surface area (Å²) in [6.07, 6.45) is 4.87. The second-order valence-electron chi connectivity index (χ2n) is 10.3. The third-order valence-electron chi connectivity index (χ3n) is 7.05. The molecule has 0 aliphatic carbocycles. The topological polar surface area (TPSA) is 165 Å². The monoisotopic (exact) mass is 627 g/mol. The quantitative estimate of drug-likeness (QED) is 0.254. The number of aromatic nitrogens is 2. The van der Waals surface area contributed by atoms with E-state index in [1.54, 1.807) is 13.3 Å². The van der Waals surface area contributed by atoms with Gasteiger partial charge in [0.25, 0.3) is 0 Å². The highest BCUT2D eigenvalue weighted by atomic mass is 32.1. The zero-order chi connectivity index (χ0) is 29.6. The highest BCUT2D eigenvalue weighted by molar-refractivity contribution is 7.80. The number of piperazine rings is 1. The van der Waals surface area contributed by atoms with Crippen LogP contribution in [-0.4, -0.2) is 97.8 Å². The van der Waals surface area contributed by atoms with Crippen LogP contribution in [0, 0.1) is 11.3 Å². The second-order valence-corrected chi connectivity index (χ2v) is 10.7. The number of likely N-dealkylation sites (N-methyl/N-ethyl adjacent to an activating group) is 1. The van der Waals surface area contributed by atoms with Gasteiger partial charge in [0.15, 0.2) is 11.5 Å². The van der Waals surface area contributed by atoms with E-state index >= 15 is 0 Å². The zero-order valence-corrected chi connectivity index (χ0v) is 26.4. The van der Waals surface area contributed by atoms with Crippen molar-refractivity contribution in [3.05, 3.63) is 65.6 Å². The number of rotatable bonds is 10. The van der Waals surface area contributed by atoms with Crippen molar-refractivity contribution in [1.82, 2.24) is 20.2 Å². The summed E-state index contributed by atoms with van der Waals surface area (Å²) >= 11 is 4.21. The molecule has 3 heterocycles. The molecule has 1 aromatic heterocycles. The molecular weight excluding hydrogens is 582 g/mol. The van der Waals surface area contributed by atoms with E-state index in [0.717, 1.165) is 54.9 Å². The molecule has 2 aromatic carbocycles. The number of hydrogen-bond donors (Lipinski definition) is 2. The van der Waals surface area contributed by atoms with Gasteiger partial charge in [-0.3, -0.25) is 0 Å².